The summed E-state index contributed by atoms with van der Waals surface area (Å²) in [6, 6.07) is 0.326. The number of carbonyl (C=O) groups is 1. The minimum atomic E-state index is 0.326. The van der Waals surface area contributed by atoms with E-state index in [0.717, 1.165) is 57.7 Å². The molecule has 2 fully saturated rings. The normalized spacial score (nSPS) is 24.6. The maximum atomic E-state index is 12.0. The van der Waals surface area contributed by atoms with E-state index in [1.165, 1.54) is 0 Å². The Morgan fingerprint density at radius 3 is 2.61 bits per heavy atom. The molecule has 1 aromatic rings. The number of hydrogen-bond acceptors (Lipinski definition) is 4. The van der Waals surface area contributed by atoms with Crippen molar-refractivity contribution in [1.29, 1.82) is 0 Å². The average Bonchev–Trinajstić information content (AvgIpc) is 2.96. The summed E-state index contributed by atoms with van der Waals surface area (Å²) in [7, 11) is 2.03. The fourth-order valence-electron chi connectivity index (χ4n) is 3.99. The van der Waals surface area contributed by atoms with E-state index in [9.17, 15) is 4.79 Å². The van der Waals surface area contributed by atoms with E-state index in [2.05, 4.69) is 33.8 Å². The SMILES string of the molecule is CC(C)N1CC(CN2CCC(c3nncn3C)CC2)CCC1=O. The van der Waals surface area contributed by atoms with Crippen LogP contribution in [0, 0.1) is 5.92 Å². The lowest BCUT2D eigenvalue weighted by Gasteiger charge is -2.39. The Labute approximate surface area is 138 Å². The first-order valence-electron chi connectivity index (χ1n) is 8.90. The molecule has 23 heavy (non-hydrogen) atoms. The van der Waals surface area contributed by atoms with Crippen LogP contribution in [0.2, 0.25) is 0 Å². The van der Waals surface area contributed by atoms with Gasteiger partial charge in [-0.15, -0.1) is 10.2 Å². The van der Waals surface area contributed by atoms with Gasteiger partial charge in [-0.25, -0.2) is 0 Å². The third-order valence-corrected chi connectivity index (χ3v) is 5.38. The van der Waals surface area contributed by atoms with Gasteiger partial charge in [0.25, 0.3) is 0 Å². The molecule has 3 rings (SSSR count). The average molecular weight is 319 g/mol. The summed E-state index contributed by atoms with van der Waals surface area (Å²) in [6.45, 7) is 8.55. The summed E-state index contributed by atoms with van der Waals surface area (Å²) in [5.41, 5.74) is 0. The third kappa shape index (κ3) is 3.74. The van der Waals surface area contributed by atoms with Crippen LogP contribution in [0.3, 0.4) is 0 Å². The highest BCUT2D eigenvalue weighted by atomic mass is 16.2. The Balaban J connectivity index is 1.49. The van der Waals surface area contributed by atoms with Crippen molar-refractivity contribution in [3.05, 3.63) is 12.2 Å². The molecule has 0 bridgehead atoms. The van der Waals surface area contributed by atoms with E-state index in [0.29, 0.717) is 23.8 Å². The second-order valence-corrected chi connectivity index (χ2v) is 7.42. The molecule has 0 radical (unpaired) electrons. The lowest BCUT2D eigenvalue weighted by molar-refractivity contribution is -0.137. The number of amides is 1. The van der Waals surface area contributed by atoms with Crippen molar-refractivity contribution >= 4 is 5.91 Å². The predicted octanol–water partition coefficient (Wildman–Crippen LogP) is 1.64. The summed E-state index contributed by atoms with van der Waals surface area (Å²) in [4.78, 5) is 16.6. The fraction of sp³-hybridized carbons (Fsp3) is 0.824. The first kappa shape index (κ1) is 16.4. The predicted molar refractivity (Wildman–Crippen MR) is 89.0 cm³/mol. The largest absolute Gasteiger partial charge is 0.340 e. The molecule has 0 saturated carbocycles. The molecule has 6 nitrogen and oxygen atoms in total. The minimum Gasteiger partial charge on any atom is -0.340 e. The van der Waals surface area contributed by atoms with Gasteiger partial charge < -0.3 is 14.4 Å². The molecule has 1 atom stereocenters. The number of piperidine rings is 2. The second kappa shape index (κ2) is 6.99. The summed E-state index contributed by atoms with van der Waals surface area (Å²) in [5.74, 6) is 2.62. The number of aryl methyl sites for hydroxylation is 1. The van der Waals surface area contributed by atoms with Crippen LogP contribution in [0.15, 0.2) is 6.33 Å². The van der Waals surface area contributed by atoms with Crippen molar-refractivity contribution < 1.29 is 4.79 Å². The Morgan fingerprint density at radius 2 is 2.00 bits per heavy atom. The summed E-state index contributed by atoms with van der Waals surface area (Å²) < 4.78 is 2.05. The highest BCUT2D eigenvalue weighted by Crippen LogP contribution is 2.28. The molecule has 128 valence electrons. The Morgan fingerprint density at radius 1 is 1.26 bits per heavy atom. The monoisotopic (exact) mass is 319 g/mol. The zero-order valence-electron chi connectivity index (χ0n) is 14.6. The van der Waals surface area contributed by atoms with Gasteiger partial charge in [-0.2, -0.15) is 0 Å². The van der Waals surface area contributed by atoms with E-state index in [1.807, 2.05) is 11.6 Å². The van der Waals surface area contributed by atoms with Crippen molar-refractivity contribution in [2.24, 2.45) is 13.0 Å². The maximum absolute atomic E-state index is 12.0. The molecule has 6 heteroatoms. The van der Waals surface area contributed by atoms with Gasteiger partial charge in [0.1, 0.15) is 12.2 Å². The number of nitrogens with zero attached hydrogens (tertiary/aromatic N) is 5. The van der Waals surface area contributed by atoms with Gasteiger partial charge in [0, 0.05) is 38.5 Å². The Kier molecular flexibility index (Phi) is 4.99. The third-order valence-electron chi connectivity index (χ3n) is 5.38. The second-order valence-electron chi connectivity index (χ2n) is 7.42. The van der Waals surface area contributed by atoms with Crippen molar-refractivity contribution in [3.63, 3.8) is 0 Å². The van der Waals surface area contributed by atoms with Gasteiger partial charge in [0.15, 0.2) is 0 Å². The topological polar surface area (TPSA) is 54.3 Å². The van der Waals surface area contributed by atoms with Crippen molar-refractivity contribution in [2.45, 2.75) is 51.5 Å². The lowest BCUT2D eigenvalue weighted by atomic mass is 9.92. The van der Waals surface area contributed by atoms with Crippen LogP contribution in [0.1, 0.15) is 51.3 Å². The van der Waals surface area contributed by atoms with Crippen LogP contribution >= 0.6 is 0 Å². The molecule has 0 aliphatic carbocycles. The summed E-state index contributed by atoms with van der Waals surface area (Å²) in [6.07, 6.45) is 5.88. The van der Waals surface area contributed by atoms with E-state index in [1.54, 1.807) is 6.33 Å². The number of aromatic nitrogens is 3. The van der Waals surface area contributed by atoms with Crippen LogP contribution in [-0.4, -0.2) is 62.7 Å². The lowest BCUT2D eigenvalue weighted by Crippen LogP contribution is -2.47. The number of hydrogen-bond donors (Lipinski definition) is 0. The Hall–Kier alpha value is -1.43. The van der Waals surface area contributed by atoms with Crippen molar-refractivity contribution in [1.82, 2.24) is 24.6 Å². The van der Waals surface area contributed by atoms with E-state index in [-0.39, 0.29) is 0 Å². The number of carbonyl (C=O) groups excluding carboxylic acids is 1. The van der Waals surface area contributed by atoms with Crippen LogP contribution in [0.4, 0.5) is 0 Å². The van der Waals surface area contributed by atoms with Gasteiger partial charge in [0.2, 0.25) is 5.91 Å². The Bertz CT molecular complexity index is 533. The van der Waals surface area contributed by atoms with E-state index in [4.69, 9.17) is 0 Å². The van der Waals surface area contributed by atoms with Crippen LogP contribution < -0.4 is 0 Å². The summed E-state index contributed by atoms with van der Waals surface area (Å²) >= 11 is 0. The number of rotatable bonds is 4. The molecule has 2 aliphatic heterocycles. The minimum absolute atomic E-state index is 0.326. The molecular weight excluding hydrogens is 290 g/mol. The van der Waals surface area contributed by atoms with Crippen LogP contribution in [0.5, 0.6) is 0 Å². The smallest absolute Gasteiger partial charge is 0.222 e. The first-order valence-corrected chi connectivity index (χ1v) is 8.90. The molecule has 0 spiro atoms. The van der Waals surface area contributed by atoms with Crippen molar-refractivity contribution in [3.8, 4) is 0 Å². The molecule has 3 heterocycles. The van der Waals surface area contributed by atoms with Crippen LogP contribution in [-0.2, 0) is 11.8 Å². The van der Waals surface area contributed by atoms with Crippen molar-refractivity contribution in [2.75, 3.05) is 26.2 Å². The van der Waals surface area contributed by atoms with Crippen LogP contribution in [0.25, 0.3) is 0 Å². The van der Waals surface area contributed by atoms with Gasteiger partial charge in [0.05, 0.1) is 0 Å². The zero-order chi connectivity index (χ0) is 16.4. The zero-order valence-corrected chi connectivity index (χ0v) is 14.6. The molecule has 2 aliphatic rings. The number of likely N-dealkylation sites (tertiary alicyclic amines) is 2. The highest BCUT2D eigenvalue weighted by molar-refractivity contribution is 5.77. The van der Waals surface area contributed by atoms with Gasteiger partial charge in [-0.1, -0.05) is 0 Å². The van der Waals surface area contributed by atoms with E-state index < -0.39 is 0 Å². The maximum Gasteiger partial charge on any atom is 0.222 e. The van der Waals surface area contributed by atoms with E-state index >= 15 is 0 Å². The fourth-order valence-corrected chi connectivity index (χ4v) is 3.99. The molecule has 1 unspecified atom stereocenters. The highest BCUT2D eigenvalue weighted by Gasteiger charge is 2.30. The van der Waals surface area contributed by atoms with Gasteiger partial charge >= 0.3 is 0 Å². The quantitative estimate of drug-likeness (QED) is 0.847. The molecule has 1 aromatic heterocycles. The molecule has 0 aromatic carbocycles. The molecular formula is C17H29N5O. The molecule has 1 amide bonds. The molecule has 2 saturated heterocycles. The van der Waals surface area contributed by atoms with Gasteiger partial charge in [-0.05, 0) is 52.1 Å². The standard InChI is InChI=1S/C17H29N5O/c1-13(2)22-11-14(4-5-16(22)23)10-21-8-6-15(7-9-21)17-19-18-12-20(17)3/h12-15H,4-11H2,1-3H3. The van der Waals surface area contributed by atoms with Gasteiger partial charge in [-0.3, -0.25) is 4.79 Å². The summed E-state index contributed by atoms with van der Waals surface area (Å²) in [5, 5.41) is 8.27. The molecule has 0 N–H and O–H groups in total. The first-order chi connectivity index (χ1) is 11.0.